The zero-order valence-electron chi connectivity index (χ0n) is 14.4. The van der Waals surface area contributed by atoms with Crippen LogP contribution in [-0.2, 0) is 19.6 Å². The molecule has 0 aliphatic carbocycles. The highest BCUT2D eigenvalue weighted by atomic mass is 19.2. The van der Waals surface area contributed by atoms with E-state index >= 15 is 0 Å². The number of benzene rings is 1. The average molecular weight is 346 g/mol. The van der Waals surface area contributed by atoms with E-state index in [0.717, 1.165) is 31.7 Å². The molecule has 1 saturated heterocycles. The standard InChI is InChI=1S/C19H24F2N4/c20-18-4-3-15(9-19(18)21)10-24-12-16(11-23-7-1-2-8-23)13-25-17(14-24)5-6-22-25/h3-6,9,16H,1-2,7-8,10-14H2/t16-/m1/s1. The quantitative estimate of drug-likeness (QED) is 0.851. The number of likely N-dealkylation sites (tertiary alicyclic amines) is 1. The molecular weight excluding hydrogens is 322 g/mol. The summed E-state index contributed by atoms with van der Waals surface area (Å²) in [4.78, 5) is 4.86. The van der Waals surface area contributed by atoms with E-state index in [2.05, 4.69) is 25.6 Å². The van der Waals surface area contributed by atoms with Crippen LogP contribution in [0.3, 0.4) is 0 Å². The second-order valence-corrected chi connectivity index (χ2v) is 7.30. The zero-order chi connectivity index (χ0) is 17.2. The van der Waals surface area contributed by atoms with Gasteiger partial charge in [0, 0.05) is 44.8 Å². The van der Waals surface area contributed by atoms with Gasteiger partial charge in [-0.25, -0.2) is 8.78 Å². The summed E-state index contributed by atoms with van der Waals surface area (Å²) in [5, 5.41) is 4.47. The SMILES string of the molecule is Fc1ccc(CN2Cc3ccnn3C[C@H](CN3CCCC3)C2)cc1F. The van der Waals surface area contributed by atoms with Crippen molar-refractivity contribution in [3.63, 3.8) is 0 Å². The third kappa shape index (κ3) is 3.90. The van der Waals surface area contributed by atoms with Crippen molar-refractivity contribution in [3.8, 4) is 0 Å². The minimum absolute atomic E-state index is 0.490. The Labute approximate surface area is 147 Å². The van der Waals surface area contributed by atoms with Gasteiger partial charge in [0.25, 0.3) is 0 Å². The fourth-order valence-electron chi connectivity index (χ4n) is 4.08. The third-order valence-electron chi connectivity index (χ3n) is 5.24. The fourth-order valence-corrected chi connectivity index (χ4v) is 4.08. The highest BCUT2D eigenvalue weighted by Gasteiger charge is 2.25. The van der Waals surface area contributed by atoms with Gasteiger partial charge in [0.15, 0.2) is 11.6 Å². The Bertz CT molecular complexity index is 724. The molecule has 1 aromatic carbocycles. The van der Waals surface area contributed by atoms with E-state index in [9.17, 15) is 8.78 Å². The van der Waals surface area contributed by atoms with Gasteiger partial charge in [0.1, 0.15) is 0 Å². The Morgan fingerprint density at radius 2 is 1.84 bits per heavy atom. The van der Waals surface area contributed by atoms with Crippen molar-refractivity contribution in [2.45, 2.75) is 32.5 Å². The van der Waals surface area contributed by atoms with Crippen molar-refractivity contribution in [3.05, 3.63) is 53.4 Å². The first-order valence-corrected chi connectivity index (χ1v) is 9.07. The van der Waals surface area contributed by atoms with E-state index in [0.29, 0.717) is 12.5 Å². The second kappa shape index (κ2) is 7.22. The molecule has 6 heteroatoms. The molecule has 0 spiro atoms. The minimum Gasteiger partial charge on any atom is -0.303 e. The van der Waals surface area contributed by atoms with Crippen LogP contribution in [0.4, 0.5) is 8.78 Å². The van der Waals surface area contributed by atoms with E-state index in [1.807, 2.05) is 6.20 Å². The van der Waals surface area contributed by atoms with E-state index in [-0.39, 0.29) is 0 Å². The fraction of sp³-hybridized carbons (Fsp3) is 0.526. The molecule has 134 valence electrons. The molecule has 4 rings (SSSR count). The second-order valence-electron chi connectivity index (χ2n) is 7.30. The zero-order valence-corrected chi connectivity index (χ0v) is 14.4. The van der Waals surface area contributed by atoms with Crippen LogP contribution in [0.15, 0.2) is 30.5 Å². The van der Waals surface area contributed by atoms with Crippen LogP contribution in [0.5, 0.6) is 0 Å². The van der Waals surface area contributed by atoms with Crippen molar-refractivity contribution in [1.29, 1.82) is 0 Å². The number of aromatic nitrogens is 2. The van der Waals surface area contributed by atoms with Crippen LogP contribution in [0.25, 0.3) is 0 Å². The number of nitrogens with zero attached hydrogens (tertiary/aromatic N) is 4. The summed E-state index contributed by atoms with van der Waals surface area (Å²) in [6, 6.07) is 6.26. The van der Waals surface area contributed by atoms with Gasteiger partial charge in [-0.1, -0.05) is 6.07 Å². The van der Waals surface area contributed by atoms with E-state index in [1.165, 1.54) is 43.8 Å². The molecular formula is C19H24F2N4. The third-order valence-corrected chi connectivity index (χ3v) is 5.24. The number of hydrogen-bond donors (Lipinski definition) is 0. The molecule has 1 fully saturated rings. The monoisotopic (exact) mass is 346 g/mol. The van der Waals surface area contributed by atoms with Gasteiger partial charge in [-0.15, -0.1) is 0 Å². The average Bonchev–Trinajstić information content (AvgIpc) is 3.21. The number of hydrogen-bond acceptors (Lipinski definition) is 3. The molecule has 0 N–H and O–H groups in total. The van der Waals surface area contributed by atoms with Crippen molar-refractivity contribution in [2.24, 2.45) is 5.92 Å². The molecule has 1 atom stereocenters. The predicted octanol–water partition coefficient (Wildman–Crippen LogP) is 2.89. The summed E-state index contributed by atoms with van der Waals surface area (Å²) in [6.07, 6.45) is 4.43. The summed E-state index contributed by atoms with van der Waals surface area (Å²) in [5.74, 6) is -1.07. The topological polar surface area (TPSA) is 24.3 Å². The van der Waals surface area contributed by atoms with Gasteiger partial charge in [0.05, 0.1) is 5.69 Å². The Balaban J connectivity index is 1.50. The maximum atomic E-state index is 13.5. The van der Waals surface area contributed by atoms with Crippen molar-refractivity contribution < 1.29 is 8.78 Å². The Kier molecular flexibility index (Phi) is 4.81. The molecule has 2 aromatic rings. The Hall–Kier alpha value is -1.79. The van der Waals surface area contributed by atoms with E-state index < -0.39 is 11.6 Å². The van der Waals surface area contributed by atoms with E-state index in [1.54, 1.807) is 6.07 Å². The first-order chi connectivity index (χ1) is 12.2. The molecule has 1 aromatic heterocycles. The van der Waals surface area contributed by atoms with Gasteiger partial charge >= 0.3 is 0 Å². The lowest BCUT2D eigenvalue weighted by molar-refractivity contribution is 0.182. The minimum atomic E-state index is -0.787. The van der Waals surface area contributed by atoms with Crippen LogP contribution in [0, 0.1) is 17.6 Å². The summed E-state index contributed by atoms with van der Waals surface area (Å²) in [7, 11) is 0. The smallest absolute Gasteiger partial charge is 0.159 e. The van der Waals surface area contributed by atoms with E-state index in [4.69, 9.17) is 0 Å². The molecule has 4 nitrogen and oxygen atoms in total. The lowest BCUT2D eigenvalue weighted by Crippen LogP contribution is -2.35. The maximum absolute atomic E-state index is 13.5. The summed E-state index contributed by atoms with van der Waals surface area (Å²) in [5.41, 5.74) is 2.00. The summed E-state index contributed by atoms with van der Waals surface area (Å²) < 4.78 is 28.8. The highest BCUT2D eigenvalue weighted by Crippen LogP contribution is 2.21. The Morgan fingerprint density at radius 3 is 2.64 bits per heavy atom. The largest absolute Gasteiger partial charge is 0.303 e. The molecule has 0 radical (unpaired) electrons. The van der Waals surface area contributed by atoms with Gasteiger partial charge in [-0.3, -0.25) is 9.58 Å². The van der Waals surface area contributed by atoms with Crippen molar-refractivity contribution in [2.75, 3.05) is 26.2 Å². The normalized spacial score (nSPS) is 22.1. The molecule has 2 aliphatic rings. The van der Waals surface area contributed by atoms with Gasteiger partial charge in [-0.2, -0.15) is 5.10 Å². The van der Waals surface area contributed by atoms with Crippen LogP contribution in [0.1, 0.15) is 24.1 Å². The van der Waals surface area contributed by atoms with Crippen LogP contribution >= 0.6 is 0 Å². The van der Waals surface area contributed by atoms with Crippen LogP contribution in [-0.4, -0.2) is 45.8 Å². The molecule has 0 saturated carbocycles. The number of halogens is 2. The van der Waals surface area contributed by atoms with Crippen LogP contribution in [0.2, 0.25) is 0 Å². The molecule has 25 heavy (non-hydrogen) atoms. The maximum Gasteiger partial charge on any atom is 0.159 e. The summed E-state index contributed by atoms with van der Waals surface area (Å²) in [6.45, 7) is 6.73. The molecule has 3 heterocycles. The van der Waals surface area contributed by atoms with Gasteiger partial charge in [-0.05, 0) is 49.7 Å². The van der Waals surface area contributed by atoms with Gasteiger partial charge in [0.2, 0.25) is 0 Å². The number of fused-ring (bicyclic) bond motifs is 1. The molecule has 0 unspecified atom stereocenters. The van der Waals surface area contributed by atoms with Crippen LogP contribution < -0.4 is 0 Å². The van der Waals surface area contributed by atoms with Crippen molar-refractivity contribution in [1.82, 2.24) is 19.6 Å². The van der Waals surface area contributed by atoms with Gasteiger partial charge < -0.3 is 4.90 Å². The predicted molar refractivity (Wildman–Crippen MR) is 91.9 cm³/mol. The first-order valence-electron chi connectivity index (χ1n) is 9.07. The number of rotatable bonds is 4. The highest BCUT2D eigenvalue weighted by molar-refractivity contribution is 5.18. The van der Waals surface area contributed by atoms with Crippen molar-refractivity contribution >= 4 is 0 Å². The molecule has 0 amide bonds. The molecule has 2 aliphatic heterocycles. The lowest BCUT2D eigenvalue weighted by atomic mass is 10.1. The molecule has 0 bridgehead atoms. The summed E-state index contributed by atoms with van der Waals surface area (Å²) >= 11 is 0. The Morgan fingerprint density at radius 1 is 1.00 bits per heavy atom. The first kappa shape index (κ1) is 16.7. The lowest BCUT2D eigenvalue weighted by Gasteiger charge is -2.27.